The van der Waals surface area contributed by atoms with Crippen LogP contribution in [0.3, 0.4) is 0 Å². The second kappa shape index (κ2) is 8.26. The highest BCUT2D eigenvalue weighted by atomic mass is 31.2. The van der Waals surface area contributed by atoms with Crippen molar-refractivity contribution in [2.24, 2.45) is 5.92 Å². The van der Waals surface area contributed by atoms with Gasteiger partial charge in [0.05, 0.1) is 0 Å². The fraction of sp³-hybridized carbons (Fsp3) is 0.609. The highest BCUT2D eigenvalue weighted by Gasteiger charge is 2.41. The molecule has 4 nitrogen and oxygen atoms in total. The summed E-state index contributed by atoms with van der Waals surface area (Å²) in [5.41, 5.74) is 1.96. The van der Waals surface area contributed by atoms with Crippen molar-refractivity contribution in [1.29, 1.82) is 0 Å². The number of hydrogen-bond acceptors (Lipinski definition) is 2. The monoisotopic (exact) mass is 406 g/mol. The molecule has 156 valence electrons. The highest BCUT2D eigenvalue weighted by molar-refractivity contribution is 7.53. The molecule has 1 fully saturated rings. The van der Waals surface area contributed by atoms with Gasteiger partial charge in [0.2, 0.25) is 0 Å². The van der Waals surface area contributed by atoms with Gasteiger partial charge < -0.3 is 9.79 Å². The number of carbonyl (C=O) groups is 1. The summed E-state index contributed by atoms with van der Waals surface area (Å²) >= 11 is 0. The van der Waals surface area contributed by atoms with Crippen molar-refractivity contribution in [3.8, 4) is 0 Å². The van der Waals surface area contributed by atoms with Gasteiger partial charge in [-0.2, -0.15) is 0 Å². The average molecular weight is 407 g/mol. The molecule has 1 saturated carbocycles. The van der Waals surface area contributed by atoms with Crippen LogP contribution >= 0.6 is 7.60 Å². The Morgan fingerprint density at radius 3 is 1.86 bits per heavy atom. The van der Waals surface area contributed by atoms with Crippen LogP contribution in [0.1, 0.15) is 83.9 Å². The predicted molar refractivity (Wildman–Crippen MR) is 116 cm³/mol. The number of rotatable bonds is 5. The van der Waals surface area contributed by atoms with Gasteiger partial charge in [-0.3, -0.25) is 9.36 Å². The first-order valence-corrected chi connectivity index (χ1v) is 11.8. The molecule has 0 bridgehead atoms. The van der Waals surface area contributed by atoms with Crippen molar-refractivity contribution in [3.05, 3.63) is 41.0 Å². The zero-order valence-corrected chi connectivity index (χ0v) is 18.9. The fourth-order valence-corrected chi connectivity index (χ4v) is 5.10. The van der Waals surface area contributed by atoms with Gasteiger partial charge in [-0.25, -0.2) is 0 Å². The topological polar surface area (TPSA) is 74.6 Å². The summed E-state index contributed by atoms with van der Waals surface area (Å²) in [5, 5.41) is 0. The Bertz CT molecular complexity index is 752. The third kappa shape index (κ3) is 5.89. The van der Waals surface area contributed by atoms with Crippen molar-refractivity contribution in [2.75, 3.05) is 0 Å². The molecule has 1 atom stereocenters. The van der Waals surface area contributed by atoms with E-state index in [2.05, 4.69) is 59.7 Å². The number of benzene rings is 1. The van der Waals surface area contributed by atoms with E-state index in [1.54, 1.807) is 6.08 Å². The van der Waals surface area contributed by atoms with Crippen molar-refractivity contribution in [2.45, 2.75) is 83.7 Å². The van der Waals surface area contributed by atoms with Crippen LogP contribution in [0.15, 0.2) is 24.3 Å². The number of ketones is 1. The standard InChI is InChI=1S/C23H35O4P/c1-22(2,3)18-13-16(14-19(15-18)23(4,5)6)11-12-20(24)21(28(25,26)27)17-9-7-8-10-17/h11-15,17,21H,7-10H2,1-6H3,(H2,25,26,27)/b12-11+. The Morgan fingerprint density at radius 1 is 1.00 bits per heavy atom. The third-order valence-corrected chi connectivity index (χ3v) is 7.03. The Hall–Kier alpha value is -1.22. The predicted octanol–water partition coefficient (Wildman–Crippen LogP) is 5.60. The Balaban J connectivity index is 2.38. The molecule has 0 aromatic heterocycles. The van der Waals surface area contributed by atoms with Gasteiger partial charge in [0.15, 0.2) is 5.78 Å². The summed E-state index contributed by atoms with van der Waals surface area (Å²) in [6.07, 6.45) is 6.37. The van der Waals surface area contributed by atoms with E-state index in [4.69, 9.17) is 0 Å². The Labute approximate surface area is 169 Å². The lowest BCUT2D eigenvalue weighted by molar-refractivity contribution is -0.115. The SMILES string of the molecule is CC(C)(C)c1cc(/C=C/C(=O)C(C2CCCC2)P(=O)(O)O)cc(C(C)(C)C)c1. The van der Waals surface area contributed by atoms with Gasteiger partial charge in [-0.1, -0.05) is 78.7 Å². The fourth-order valence-electron chi connectivity index (χ4n) is 3.84. The van der Waals surface area contributed by atoms with Crippen LogP contribution in [-0.4, -0.2) is 21.2 Å². The lowest BCUT2D eigenvalue weighted by Gasteiger charge is -2.26. The van der Waals surface area contributed by atoms with Gasteiger partial charge in [-0.15, -0.1) is 0 Å². The number of hydrogen-bond donors (Lipinski definition) is 2. The maximum Gasteiger partial charge on any atom is 0.336 e. The van der Waals surface area contributed by atoms with Gasteiger partial charge in [-0.05, 0) is 52.4 Å². The minimum Gasteiger partial charge on any atom is -0.324 e. The van der Waals surface area contributed by atoms with E-state index in [1.165, 1.54) is 17.2 Å². The van der Waals surface area contributed by atoms with E-state index in [1.807, 2.05) is 0 Å². The highest BCUT2D eigenvalue weighted by Crippen LogP contribution is 2.50. The zero-order valence-electron chi connectivity index (χ0n) is 18.0. The molecule has 2 rings (SSSR count). The van der Waals surface area contributed by atoms with E-state index >= 15 is 0 Å². The molecule has 0 heterocycles. The molecule has 0 radical (unpaired) electrons. The molecule has 0 aliphatic heterocycles. The van der Waals surface area contributed by atoms with Gasteiger partial charge in [0.1, 0.15) is 5.66 Å². The summed E-state index contributed by atoms with van der Waals surface area (Å²) in [7, 11) is -4.48. The first-order chi connectivity index (χ1) is 12.7. The minimum absolute atomic E-state index is 0.0356. The van der Waals surface area contributed by atoms with Crippen LogP contribution in [0.2, 0.25) is 0 Å². The molecule has 1 unspecified atom stereocenters. The van der Waals surface area contributed by atoms with Gasteiger partial charge in [0.25, 0.3) is 0 Å². The van der Waals surface area contributed by atoms with E-state index < -0.39 is 19.0 Å². The second-order valence-electron chi connectivity index (χ2n) is 10.2. The van der Waals surface area contributed by atoms with Crippen molar-refractivity contribution in [1.82, 2.24) is 0 Å². The molecular formula is C23H35O4P. The summed E-state index contributed by atoms with van der Waals surface area (Å²) in [6.45, 7) is 12.9. The first kappa shape index (κ1) is 23.1. The normalized spacial score (nSPS) is 18.0. The van der Waals surface area contributed by atoms with E-state index in [0.717, 1.165) is 18.4 Å². The summed E-state index contributed by atoms with van der Waals surface area (Å²) in [5.74, 6) is -0.678. The molecule has 1 aliphatic carbocycles. The maximum absolute atomic E-state index is 12.7. The number of allylic oxidation sites excluding steroid dienone is 1. The molecule has 28 heavy (non-hydrogen) atoms. The zero-order chi connectivity index (χ0) is 21.3. The largest absolute Gasteiger partial charge is 0.336 e. The average Bonchev–Trinajstić information content (AvgIpc) is 3.03. The van der Waals surface area contributed by atoms with Crippen LogP contribution in [-0.2, 0) is 20.2 Å². The third-order valence-electron chi connectivity index (χ3n) is 5.63. The molecule has 1 aromatic carbocycles. The summed E-state index contributed by atoms with van der Waals surface area (Å²) in [6, 6.07) is 6.32. The van der Waals surface area contributed by atoms with Crippen LogP contribution in [0, 0.1) is 5.92 Å². The summed E-state index contributed by atoms with van der Waals surface area (Å²) in [4.78, 5) is 32.3. The van der Waals surface area contributed by atoms with Crippen LogP contribution in [0.5, 0.6) is 0 Å². The minimum atomic E-state index is -4.48. The van der Waals surface area contributed by atoms with Gasteiger partial charge in [0, 0.05) is 0 Å². The molecule has 0 saturated heterocycles. The van der Waals surface area contributed by atoms with Crippen molar-refractivity contribution < 1.29 is 19.1 Å². The molecule has 1 aliphatic rings. The van der Waals surface area contributed by atoms with E-state index in [-0.39, 0.29) is 16.7 Å². The smallest absolute Gasteiger partial charge is 0.324 e. The Kier molecular flexibility index (Phi) is 6.80. The van der Waals surface area contributed by atoms with Crippen LogP contribution in [0.4, 0.5) is 0 Å². The van der Waals surface area contributed by atoms with Crippen molar-refractivity contribution in [3.63, 3.8) is 0 Å². The Morgan fingerprint density at radius 2 is 1.46 bits per heavy atom. The molecule has 1 aromatic rings. The van der Waals surface area contributed by atoms with Crippen LogP contribution in [0.25, 0.3) is 6.08 Å². The second-order valence-corrected chi connectivity index (χ2v) is 11.9. The molecule has 2 N–H and O–H groups in total. The van der Waals surface area contributed by atoms with Crippen molar-refractivity contribution >= 4 is 19.5 Å². The maximum atomic E-state index is 12.7. The van der Waals surface area contributed by atoms with E-state index in [9.17, 15) is 19.1 Å². The number of carbonyl (C=O) groups excluding carboxylic acids is 1. The quantitative estimate of drug-likeness (QED) is 0.493. The molecule has 0 amide bonds. The van der Waals surface area contributed by atoms with E-state index in [0.29, 0.717) is 12.8 Å². The van der Waals surface area contributed by atoms with Crippen LogP contribution < -0.4 is 0 Å². The lowest BCUT2D eigenvalue weighted by atomic mass is 9.79. The first-order valence-electron chi connectivity index (χ1n) is 10.1. The molecule has 0 spiro atoms. The van der Waals surface area contributed by atoms with Gasteiger partial charge >= 0.3 is 7.60 Å². The lowest BCUT2D eigenvalue weighted by Crippen LogP contribution is -2.27. The molecule has 5 heteroatoms. The summed E-state index contributed by atoms with van der Waals surface area (Å²) < 4.78 is 12.0. The molecular weight excluding hydrogens is 371 g/mol.